The van der Waals surface area contributed by atoms with Gasteiger partial charge in [-0.15, -0.1) is 12.4 Å². The molecule has 0 amide bonds. The number of rotatable bonds is 3. The van der Waals surface area contributed by atoms with Crippen LogP contribution in [0.2, 0.25) is 0 Å². The second-order valence-electron chi connectivity index (χ2n) is 3.71. The van der Waals surface area contributed by atoms with Crippen LogP contribution >= 0.6 is 12.4 Å². The molecular formula is C12H16ClN3. The van der Waals surface area contributed by atoms with Gasteiger partial charge in [-0.25, -0.2) is 0 Å². The van der Waals surface area contributed by atoms with Gasteiger partial charge < -0.3 is 5.73 Å². The third-order valence-corrected chi connectivity index (χ3v) is 2.59. The molecule has 1 heterocycles. The van der Waals surface area contributed by atoms with Gasteiger partial charge in [0, 0.05) is 18.4 Å². The first-order valence-electron chi connectivity index (χ1n) is 5.25. The zero-order valence-electron chi connectivity index (χ0n) is 9.26. The van der Waals surface area contributed by atoms with Crippen LogP contribution in [-0.4, -0.2) is 16.0 Å². The van der Waals surface area contributed by atoms with Crippen molar-refractivity contribution in [3.8, 4) is 0 Å². The lowest BCUT2D eigenvalue weighted by atomic mass is 10.0. The van der Waals surface area contributed by atoms with Crippen LogP contribution < -0.4 is 5.73 Å². The average molecular weight is 238 g/mol. The van der Waals surface area contributed by atoms with Crippen LogP contribution in [0.15, 0.2) is 30.6 Å². The van der Waals surface area contributed by atoms with Gasteiger partial charge in [0.1, 0.15) is 0 Å². The van der Waals surface area contributed by atoms with Crippen molar-refractivity contribution in [3.05, 3.63) is 36.2 Å². The van der Waals surface area contributed by atoms with Crippen LogP contribution in [0.4, 0.5) is 0 Å². The lowest BCUT2D eigenvalue weighted by molar-refractivity contribution is 0.648. The van der Waals surface area contributed by atoms with Gasteiger partial charge in [-0.1, -0.05) is 19.1 Å². The van der Waals surface area contributed by atoms with Crippen molar-refractivity contribution in [2.24, 2.45) is 5.73 Å². The van der Waals surface area contributed by atoms with Crippen molar-refractivity contribution in [2.75, 3.05) is 0 Å². The molecule has 0 aliphatic heterocycles. The fourth-order valence-electron chi connectivity index (χ4n) is 1.64. The first-order valence-corrected chi connectivity index (χ1v) is 5.25. The van der Waals surface area contributed by atoms with E-state index in [2.05, 4.69) is 23.0 Å². The molecule has 0 spiro atoms. The van der Waals surface area contributed by atoms with Crippen molar-refractivity contribution in [1.82, 2.24) is 9.97 Å². The second-order valence-corrected chi connectivity index (χ2v) is 3.71. The molecule has 0 radical (unpaired) electrons. The van der Waals surface area contributed by atoms with E-state index in [1.54, 1.807) is 12.4 Å². The first kappa shape index (κ1) is 12.9. The maximum absolute atomic E-state index is 5.95. The summed E-state index contributed by atoms with van der Waals surface area (Å²) in [6, 6.07) is 6.27. The maximum atomic E-state index is 5.95. The van der Waals surface area contributed by atoms with Crippen molar-refractivity contribution < 1.29 is 0 Å². The minimum Gasteiger partial charge on any atom is -0.327 e. The number of para-hydroxylation sites is 1. The third-order valence-electron chi connectivity index (χ3n) is 2.59. The number of nitrogens with two attached hydrogens (primary N) is 1. The van der Waals surface area contributed by atoms with Crippen LogP contribution in [0.5, 0.6) is 0 Å². The minimum absolute atomic E-state index is 0. The molecule has 1 unspecified atom stereocenters. The quantitative estimate of drug-likeness (QED) is 0.892. The fraction of sp³-hybridized carbons (Fsp3) is 0.333. The molecule has 0 saturated heterocycles. The molecule has 3 nitrogen and oxygen atoms in total. The standard InChI is InChI=1S/C12H15N3.ClH/c1-2-10(13)8-9-4-3-5-11-12(9)15-7-6-14-11;/h3-7,10H,2,8,13H2,1H3;1H. The number of benzene rings is 1. The highest BCUT2D eigenvalue weighted by molar-refractivity contribution is 5.85. The van der Waals surface area contributed by atoms with Crippen molar-refractivity contribution in [1.29, 1.82) is 0 Å². The Balaban J connectivity index is 0.00000128. The zero-order chi connectivity index (χ0) is 10.7. The molecule has 2 aromatic rings. The van der Waals surface area contributed by atoms with Gasteiger partial charge in [-0.3, -0.25) is 9.97 Å². The first-order chi connectivity index (χ1) is 7.31. The topological polar surface area (TPSA) is 51.8 Å². The summed E-state index contributed by atoms with van der Waals surface area (Å²) >= 11 is 0. The predicted molar refractivity (Wildman–Crippen MR) is 68.8 cm³/mol. The summed E-state index contributed by atoms with van der Waals surface area (Å²) in [5.74, 6) is 0. The minimum atomic E-state index is 0. The lowest BCUT2D eigenvalue weighted by Gasteiger charge is -2.09. The van der Waals surface area contributed by atoms with Crippen LogP contribution in [0.3, 0.4) is 0 Å². The van der Waals surface area contributed by atoms with E-state index >= 15 is 0 Å². The second kappa shape index (κ2) is 5.77. The Labute approximate surface area is 102 Å². The molecule has 86 valence electrons. The number of nitrogens with zero attached hydrogens (tertiary/aromatic N) is 2. The van der Waals surface area contributed by atoms with Crippen molar-refractivity contribution in [2.45, 2.75) is 25.8 Å². The number of aromatic nitrogens is 2. The summed E-state index contributed by atoms with van der Waals surface area (Å²) in [5.41, 5.74) is 9.06. The molecule has 1 aromatic carbocycles. The molecule has 4 heteroatoms. The van der Waals surface area contributed by atoms with E-state index in [1.165, 1.54) is 5.56 Å². The zero-order valence-corrected chi connectivity index (χ0v) is 10.1. The van der Waals surface area contributed by atoms with Gasteiger partial charge in [0.25, 0.3) is 0 Å². The SMILES string of the molecule is CCC(N)Cc1cccc2nccnc12.Cl. The van der Waals surface area contributed by atoms with Crippen LogP contribution in [0, 0.1) is 0 Å². The van der Waals surface area contributed by atoms with Gasteiger partial charge >= 0.3 is 0 Å². The lowest BCUT2D eigenvalue weighted by Crippen LogP contribution is -2.21. The van der Waals surface area contributed by atoms with E-state index in [4.69, 9.17) is 5.73 Å². The van der Waals surface area contributed by atoms with Gasteiger partial charge in [-0.05, 0) is 24.5 Å². The Bertz CT molecular complexity index is 453. The molecule has 0 bridgehead atoms. The number of hydrogen-bond acceptors (Lipinski definition) is 3. The summed E-state index contributed by atoms with van der Waals surface area (Å²) < 4.78 is 0. The highest BCUT2D eigenvalue weighted by Crippen LogP contribution is 2.15. The Hall–Kier alpha value is -1.19. The van der Waals surface area contributed by atoms with Crippen LogP contribution in [0.25, 0.3) is 11.0 Å². The normalized spacial score (nSPS) is 12.1. The molecule has 16 heavy (non-hydrogen) atoms. The Morgan fingerprint density at radius 2 is 2.00 bits per heavy atom. The number of halogens is 1. The molecule has 1 atom stereocenters. The molecule has 0 fully saturated rings. The number of fused-ring (bicyclic) bond motifs is 1. The predicted octanol–water partition coefficient (Wildman–Crippen LogP) is 2.33. The van der Waals surface area contributed by atoms with E-state index in [0.717, 1.165) is 23.9 Å². The van der Waals surface area contributed by atoms with Crippen molar-refractivity contribution in [3.63, 3.8) is 0 Å². The number of hydrogen-bond donors (Lipinski definition) is 1. The maximum Gasteiger partial charge on any atom is 0.0919 e. The van der Waals surface area contributed by atoms with Crippen molar-refractivity contribution >= 4 is 23.4 Å². The summed E-state index contributed by atoms with van der Waals surface area (Å²) in [6.45, 7) is 2.10. The molecular weight excluding hydrogens is 222 g/mol. The molecule has 0 saturated carbocycles. The monoisotopic (exact) mass is 237 g/mol. The molecule has 0 aliphatic rings. The van der Waals surface area contributed by atoms with Gasteiger partial charge in [0.15, 0.2) is 0 Å². The Kier molecular flexibility index (Phi) is 4.65. The van der Waals surface area contributed by atoms with Gasteiger partial charge in [-0.2, -0.15) is 0 Å². The Morgan fingerprint density at radius 3 is 2.75 bits per heavy atom. The summed E-state index contributed by atoms with van der Waals surface area (Å²) in [7, 11) is 0. The Morgan fingerprint density at radius 1 is 1.25 bits per heavy atom. The van der Waals surface area contributed by atoms with E-state index in [9.17, 15) is 0 Å². The average Bonchev–Trinajstić information content (AvgIpc) is 2.29. The third kappa shape index (κ3) is 2.68. The van der Waals surface area contributed by atoms with Crippen LogP contribution in [-0.2, 0) is 6.42 Å². The summed E-state index contributed by atoms with van der Waals surface area (Å²) in [4.78, 5) is 8.62. The van der Waals surface area contributed by atoms with E-state index in [-0.39, 0.29) is 18.4 Å². The fourth-order valence-corrected chi connectivity index (χ4v) is 1.64. The van der Waals surface area contributed by atoms with E-state index < -0.39 is 0 Å². The molecule has 2 rings (SSSR count). The highest BCUT2D eigenvalue weighted by atomic mass is 35.5. The largest absolute Gasteiger partial charge is 0.327 e. The molecule has 0 aliphatic carbocycles. The van der Waals surface area contributed by atoms with Gasteiger partial charge in [0.05, 0.1) is 11.0 Å². The molecule has 2 N–H and O–H groups in total. The van der Waals surface area contributed by atoms with Gasteiger partial charge in [0.2, 0.25) is 0 Å². The molecule has 1 aromatic heterocycles. The van der Waals surface area contributed by atoms with Crippen LogP contribution in [0.1, 0.15) is 18.9 Å². The smallest absolute Gasteiger partial charge is 0.0919 e. The summed E-state index contributed by atoms with van der Waals surface area (Å²) in [6.07, 6.45) is 5.29. The highest BCUT2D eigenvalue weighted by Gasteiger charge is 2.06. The van der Waals surface area contributed by atoms with E-state index in [1.807, 2.05) is 12.1 Å². The summed E-state index contributed by atoms with van der Waals surface area (Å²) in [5, 5.41) is 0. The van der Waals surface area contributed by atoms with E-state index in [0.29, 0.717) is 0 Å².